The van der Waals surface area contributed by atoms with E-state index >= 15 is 0 Å². The topological polar surface area (TPSA) is 96.9 Å². The first kappa shape index (κ1) is 23.2. The van der Waals surface area contributed by atoms with Gasteiger partial charge in [0.05, 0.1) is 12.1 Å². The SMILES string of the molecule is O=C1NC[C@@H](CCC(=O)N2CCC(O)CC2)N2C[C@@H](NC(=S)Nc3ccc(Cl)cc3)C[C@@H]12. The van der Waals surface area contributed by atoms with Crippen LogP contribution < -0.4 is 16.0 Å². The number of piperazine rings is 1. The number of piperidine rings is 1. The van der Waals surface area contributed by atoms with Gasteiger partial charge in [0.15, 0.2) is 5.11 Å². The van der Waals surface area contributed by atoms with Crippen LogP contribution in [0.1, 0.15) is 32.1 Å². The first-order valence-corrected chi connectivity index (χ1v) is 12.0. The van der Waals surface area contributed by atoms with Crippen LogP contribution in [0.2, 0.25) is 5.02 Å². The van der Waals surface area contributed by atoms with Crippen molar-refractivity contribution in [3.63, 3.8) is 0 Å². The van der Waals surface area contributed by atoms with Crippen molar-refractivity contribution in [3.8, 4) is 0 Å². The summed E-state index contributed by atoms with van der Waals surface area (Å²) >= 11 is 11.4. The summed E-state index contributed by atoms with van der Waals surface area (Å²) in [5.41, 5.74) is 0.849. The molecule has 174 valence electrons. The Morgan fingerprint density at radius 2 is 1.97 bits per heavy atom. The minimum absolute atomic E-state index is 0.0403. The molecule has 1 aromatic rings. The van der Waals surface area contributed by atoms with Gasteiger partial charge < -0.3 is 26.0 Å². The monoisotopic (exact) mass is 479 g/mol. The zero-order valence-electron chi connectivity index (χ0n) is 17.9. The Balaban J connectivity index is 1.28. The molecule has 1 aromatic carbocycles. The van der Waals surface area contributed by atoms with Gasteiger partial charge in [-0.05, 0) is 62.2 Å². The number of anilines is 1. The lowest BCUT2D eigenvalue weighted by Gasteiger charge is -2.37. The quantitative estimate of drug-likeness (QED) is 0.473. The van der Waals surface area contributed by atoms with Crippen molar-refractivity contribution in [1.82, 2.24) is 20.4 Å². The van der Waals surface area contributed by atoms with Crippen LogP contribution in [-0.2, 0) is 9.59 Å². The van der Waals surface area contributed by atoms with Crippen molar-refractivity contribution < 1.29 is 14.7 Å². The fourth-order valence-corrected chi connectivity index (χ4v) is 5.21. The molecule has 4 rings (SSSR count). The number of nitrogens with zero attached hydrogens (tertiary/aromatic N) is 2. The van der Waals surface area contributed by atoms with Crippen LogP contribution in [0.25, 0.3) is 0 Å². The number of thiocarbonyl (C=S) groups is 1. The molecule has 3 heterocycles. The van der Waals surface area contributed by atoms with Crippen LogP contribution in [-0.4, -0.2) is 82.2 Å². The third-order valence-electron chi connectivity index (χ3n) is 6.57. The molecule has 8 nitrogen and oxygen atoms in total. The predicted molar refractivity (Wildman–Crippen MR) is 128 cm³/mol. The fraction of sp³-hybridized carbons (Fsp3) is 0.591. The molecule has 0 aliphatic carbocycles. The number of likely N-dealkylation sites (tertiary alicyclic amines) is 1. The molecule has 3 atom stereocenters. The number of fused-ring (bicyclic) bond motifs is 1. The van der Waals surface area contributed by atoms with E-state index in [0.717, 1.165) is 5.69 Å². The Morgan fingerprint density at radius 3 is 2.69 bits per heavy atom. The highest BCUT2D eigenvalue weighted by Gasteiger charge is 2.43. The molecule has 10 heteroatoms. The molecule has 4 N–H and O–H groups in total. The van der Waals surface area contributed by atoms with E-state index in [1.165, 1.54) is 0 Å². The highest BCUT2D eigenvalue weighted by atomic mass is 35.5. The Morgan fingerprint density at radius 1 is 1.25 bits per heavy atom. The number of hydrogen-bond donors (Lipinski definition) is 4. The second kappa shape index (κ2) is 10.3. The van der Waals surface area contributed by atoms with Crippen LogP contribution in [0.15, 0.2) is 24.3 Å². The summed E-state index contributed by atoms with van der Waals surface area (Å²) in [7, 11) is 0. The number of aliphatic hydroxyl groups excluding tert-OH is 1. The van der Waals surface area contributed by atoms with Gasteiger partial charge in [-0.25, -0.2) is 0 Å². The van der Waals surface area contributed by atoms with E-state index in [2.05, 4.69) is 20.9 Å². The minimum atomic E-state index is -0.289. The zero-order chi connectivity index (χ0) is 22.7. The maximum absolute atomic E-state index is 12.6. The average molecular weight is 480 g/mol. The largest absolute Gasteiger partial charge is 0.393 e. The van der Waals surface area contributed by atoms with E-state index in [4.69, 9.17) is 23.8 Å². The summed E-state index contributed by atoms with van der Waals surface area (Å²) in [5, 5.41) is 20.3. The Labute approximate surface area is 198 Å². The van der Waals surface area contributed by atoms with E-state index in [0.29, 0.717) is 68.4 Å². The maximum Gasteiger partial charge on any atom is 0.237 e. The summed E-state index contributed by atoms with van der Waals surface area (Å²) in [6.45, 7) is 2.51. The van der Waals surface area contributed by atoms with Gasteiger partial charge in [0.25, 0.3) is 0 Å². The third kappa shape index (κ3) is 5.70. The number of hydrogen-bond acceptors (Lipinski definition) is 5. The van der Waals surface area contributed by atoms with E-state index in [9.17, 15) is 14.7 Å². The van der Waals surface area contributed by atoms with Gasteiger partial charge in [0, 0.05) is 55.4 Å². The number of aliphatic hydroxyl groups is 1. The molecule has 0 saturated carbocycles. The number of rotatable bonds is 5. The molecule has 32 heavy (non-hydrogen) atoms. The lowest BCUT2D eigenvalue weighted by Crippen LogP contribution is -2.58. The molecule has 3 fully saturated rings. The summed E-state index contributed by atoms with van der Waals surface area (Å²) in [6.07, 6.45) is 2.84. The van der Waals surface area contributed by atoms with Crippen LogP contribution in [0, 0.1) is 0 Å². The molecule has 3 aliphatic rings. The van der Waals surface area contributed by atoms with Crippen LogP contribution in [0.4, 0.5) is 5.69 Å². The standard InChI is InChI=1S/C22H30ClN5O3S/c23-14-1-3-15(4-2-14)25-22(32)26-16-11-19-21(31)24-12-17(28(19)13-16)5-6-20(30)27-9-7-18(29)8-10-27/h1-4,16-19,29H,5-13H2,(H,24,31)(H2,25,26,32)/t16-,17+,19-/m0/s1. The smallest absolute Gasteiger partial charge is 0.237 e. The number of benzene rings is 1. The fourth-order valence-electron chi connectivity index (χ4n) is 4.80. The van der Waals surface area contributed by atoms with Crippen molar-refractivity contribution in [2.24, 2.45) is 0 Å². The van der Waals surface area contributed by atoms with Gasteiger partial charge in [-0.1, -0.05) is 11.6 Å². The second-order valence-corrected chi connectivity index (χ2v) is 9.64. The normalized spacial score (nSPS) is 26.4. The molecule has 3 aliphatic heterocycles. The molecule has 0 aromatic heterocycles. The highest BCUT2D eigenvalue weighted by molar-refractivity contribution is 7.80. The Kier molecular flexibility index (Phi) is 7.50. The number of amides is 2. The zero-order valence-corrected chi connectivity index (χ0v) is 19.5. The third-order valence-corrected chi connectivity index (χ3v) is 7.04. The lowest BCUT2D eigenvalue weighted by atomic mass is 10.0. The summed E-state index contributed by atoms with van der Waals surface area (Å²) in [5.74, 6) is 0.172. The molecule has 0 unspecified atom stereocenters. The van der Waals surface area contributed by atoms with Gasteiger partial charge in [0.2, 0.25) is 11.8 Å². The summed E-state index contributed by atoms with van der Waals surface area (Å²) < 4.78 is 0. The highest BCUT2D eigenvalue weighted by Crippen LogP contribution is 2.26. The predicted octanol–water partition coefficient (Wildman–Crippen LogP) is 1.33. The van der Waals surface area contributed by atoms with Crippen molar-refractivity contribution in [2.45, 2.75) is 56.3 Å². The lowest BCUT2D eigenvalue weighted by molar-refractivity contribution is -0.134. The van der Waals surface area contributed by atoms with Gasteiger partial charge in [-0.2, -0.15) is 0 Å². The van der Waals surface area contributed by atoms with E-state index in [1.807, 2.05) is 17.0 Å². The van der Waals surface area contributed by atoms with E-state index in [-0.39, 0.29) is 36.0 Å². The minimum Gasteiger partial charge on any atom is -0.393 e. The number of halogens is 1. The molecular weight excluding hydrogens is 450 g/mol. The van der Waals surface area contributed by atoms with Crippen molar-refractivity contribution in [2.75, 3.05) is 31.5 Å². The number of carbonyl (C=O) groups excluding carboxylic acids is 2. The van der Waals surface area contributed by atoms with Gasteiger partial charge in [-0.15, -0.1) is 0 Å². The van der Waals surface area contributed by atoms with Crippen LogP contribution in [0.5, 0.6) is 0 Å². The van der Waals surface area contributed by atoms with Crippen molar-refractivity contribution >= 4 is 46.4 Å². The van der Waals surface area contributed by atoms with Crippen molar-refractivity contribution in [3.05, 3.63) is 29.3 Å². The maximum atomic E-state index is 12.6. The van der Waals surface area contributed by atoms with Crippen LogP contribution >= 0.6 is 23.8 Å². The first-order chi connectivity index (χ1) is 15.4. The van der Waals surface area contributed by atoms with Gasteiger partial charge in [-0.3, -0.25) is 14.5 Å². The molecule has 0 bridgehead atoms. The molecule has 3 saturated heterocycles. The second-order valence-electron chi connectivity index (χ2n) is 8.80. The summed E-state index contributed by atoms with van der Waals surface area (Å²) in [4.78, 5) is 29.1. The number of nitrogens with one attached hydrogen (secondary N) is 3. The van der Waals surface area contributed by atoms with Crippen LogP contribution in [0.3, 0.4) is 0 Å². The molecule has 2 amide bonds. The molecule has 0 radical (unpaired) electrons. The van der Waals surface area contributed by atoms with Crippen molar-refractivity contribution in [1.29, 1.82) is 0 Å². The first-order valence-electron chi connectivity index (χ1n) is 11.2. The Bertz CT molecular complexity index is 846. The van der Waals surface area contributed by atoms with Gasteiger partial charge in [0.1, 0.15) is 0 Å². The number of carbonyl (C=O) groups is 2. The molecule has 0 spiro atoms. The van der Waals surface area contributed by atoms with E-state index < -0.39 is 0 Å². The summed E-state index contributed by atoms with van der Waals surface area (Å²) in [6, 6.07) is 7.29. The average Bonchev–Trinajstić information content (AvgIpc) is 3.19. The van der Waals surface area contributed by atoms with Gasteiger partial charge >= 0.3 is 0 Å². The molecular formula is C22H30ClN5O3S. The Hall–Kier alpha value is -1.94. The van der Waals surface area contributed by atoms with E-state index in [1.54, 1.807) is 12.1 Å².